The van der Waals surface area contributed by atoms with Gasteiger partial charge in [0.1, 0.15) is 10.9 Å². The van der Waals surface area contributed by atoms with Crippen molar-refractivity contribution in [2.45, 2.75) is 36.6 Å². The number of sulfonamides is 1. The van der Waals surface area contributed by atoms with E-state index in [1.54, 1.807) is 6.07 Å². The van der Waals surface area contributed by atoms with E-state index in [0.29, 0.717) is 6.54 Å². The van der Waals surface area contributed by atoms with Crippen LogP contribution in [0.5, 0.6) is 0 Å². The lowest BCUT2D eigenvalue weighted by atomic mass is 10.1. The second-order valence-corrected chi connectivity index (χ2v) is 9.00. The van der Waals surface area contributed by atoms with Gasteiger partial charge in [-0.05, 0) is 48.9 Å². The summed E-state index contributed by atoms with van der Waals surface area (Å²) in [6, 6.07) is 21.6. The molecule has 31 heavy (non-hydrogen) atoms. The maximum absolute atomic E-state index is 12.8. The number of unbranched alkanes of at least 4 members (excludes halogenated alkanes) is 1. The monoisotopic (exact) mass is 437 g/mol. The molecule has 0 spiro atoms. The van der Waals surface area contributed by atoms with E-state index in [2.05, 4.69) is 27.2 Å². The van der Waals surface area contributed by atoms with Gasteiger partial charge >= 0.3 is 0 Å². The molecule has 0 fully saturated rings. The molecule has 1 aromatic heterocycles. The lowest BCUT2D eigenvalue weighted by Crippen LogP contribution is -2.48. The van der Waals surface area contributed by atoms with Gasteiger partial charge in [0.25, 0.3) is 0 Å². The SMILES string of the molecule is O=C(NCCCCc1ccccc1)C(Cc1ccccc1)NS(=O)(=O)c1cccnc1. The van der Waals surface area contributed by atoms with Crippen LogP contribution in [0.3, 0.4) is 0 Å². The predicted molar refractivity (Wildman–Crippen MR) is 121 cm³/mol. The Labute approximate surface area is 183 Å². The Morgan fingerprint density at radius 1 is 0.871 bits per heavy atom. The lowest BCUT2D eigenvalue weighted by molar-refractivity contribution is -0.122. The summed E-state index contributed by atoms with van der Waals surface area (Å²) in [6.45, 7) is 0.492. The fraction of sp³-hybridized carbons (Fsp3) is 0.250. The van der Waals surface area contributed by atoms with Crippen LogP contribution < -0.4 is 10.0 Å². The number of nitrogens with one attached hydrogen (secondary N) is 2. The molecule has 0 aliphatic heterocycles. The van der Waals surface area contributed by atoms with Crippen molar-refractivity contribution in [1.29, 1.82) is 0 Å². The highest BCUT2D eigenvalue weighted by atomic mass is 32.2. The standard InChI is InChI=1S/C24H27N3O3S/c28-24(26-17-8-7-12-20-10-3-1-4-11-20)23(18-21-13-5-2-6-14-21)27-31(29,30)22-15-9-16-25-19-22/h1-6,9-11,13-16,19,23,27H,7-8,12,17-18H2,(H,26,28). The third-order valence-corrected chi connectivity index (χ3v) is 6.33. The minimum atomic E-state index is -3.87. The number of amides is 1. The first-order valence-corrected chi connectivity index (χ1v) is 11.8. The second kappa shape index (κ2) is 11.4. The molecule has 1 amide bonds. The number of benzene rings is 2. The molecule has 0 aliphatic carbocycles. The second-order valence-electron chi connectivity index (χ2n) is 7.29. The molecule has 0 radical (unpaired) electrons. The third kappa shape index (κ3) is 7.31. The topological polar surface area (TPSA) is 88.2 Å². The fourth-order valence-electron chi connectivity index (χ4n) is 3.23. The molecule has 162 valence electrons. The molecule has 1 heterocycles. The van der Waals surface area contributed by atoms with Crippen LogP contribution in [0.2, 0.25) is 0 Å². The first-order valence-electron chi connectivity index (χ1n) is 10.3. The maximum atomic E-state index is 12.8. The van der Waals surface area contributed by atoms with Crippen LogP contribution >= 0.6 is 0 Å². The summed E-state index contributed by atoms with van der Waals surface area (Å²) >= 11 is 0. The molecule has 7 heteroatoms. The van der Waals surface area contributed by atoms with Crippen LogP contribution in [0.4, 0.5) is 0 Å². The highest BCUT2D eigenvalue weighted by Crippen LogP contribution is 2.10. The molecule has 1 unspecified atom stereocenters. The van der Waals surface area contributed by atoms with Crippen LogP contribution in [0.1, 0.15) is 24.0 Å². The average Bonchev–Trinajstić information content (AvgIpc) is 2.80. The molecular weight excluding hydrogens is 410 g/mol. The Balaban J connectivity index is 1.59. The van der Waals surface area contributed by atoms with E-state index in [1.807, 2.05) is 48.5 Å². The van der Waals surface area contributed by atoms with Gasteiger partial charge in [-0.1, -0.05) is 60.7 Å². The Morgan fingerprint density at radius 3 is 2.19 bits per heavy atom. The van der Waals surface area contributed by atoms with Crippen molar-refractivity contribution in [3.63, 3.8) is 0 Å². The molecule has 2 N–H and O–H groups in total. The number of pyridine rings is 1. The van der Waals surface area contributed by atoms with Crippen LogP contribution in [0, 0.1) is 0 Å². The maximum Gasteiger partial charge on any atom is 0.242 e. The van der Waals surface area contributed by atoms with Gasteiger partial charge in [-0.2, -0.15) is 4.72 Å². The molecule has 6 nitrogen and oxygen atoms in total. The van der Waals surface area contributed by atoms with Gasteiger partial charge in [-0.3, -0.25) is 9.78 Å². The van der Waals surface area contributed by atoms with Crippen molar-refractivity contribution in [3.8, 4) is 0 Å². The highest BCUT2D eigenvalue weighted by molar-refractivity contribution is 7.89. The molecule has 0 saturated carbocycles. The number of carbonyl (C=O) groups excluding carboxylic acids is 1. The van der Waals surface area contributed by atoms with Crippen LogP contribution in [-0.4, -0.2) is 31.9 Å². The van der Waals surface area contributed by atoms with Crippen molar-refractivity contribution >= 4 is 15.9 Å². The third-order valence-electron chi connectivity index (χ3n) is 4.88. The quantitative estimate of drug-likeness (QED) is 0.451. The normalized spacial score (nSPS) is 12.3. The van der Waals surface area contributed by atoms with E-state index in [1.165, 1.54) is 24.0 Å². The van der Waals surface area contributed by atoms with Gasteiger partial charge in [0.15, 0.2) is 0 Å². The number of carbonyl (C=O) groups is 1. The van der Waals surface area contributed by atoms with E-state index in [0.717, 1.165) is 24.8 Å². The summed E-state index contributed by atoms with van der Waals surface area (Å²) in [5, 5.41) is 2.88. The van der Waals surface area contributed by atoms with E-state index in [-0.39, 0.29) is 17.2 Å². The molecule has 2 aromatic carbocycles. The molecule has 3 aromatic rings. The van der Waals surface area contributed by atoms with E-state index in [4.69, 9.17) is 0 Å². The Hall–Kier alpha value is -3.03. The van der Waals surface area contributed by atoms with Crippen molar-refractivity contribution in [2.24, 2.45) is 0 Å². The Kier molecular flexibility index (Phi) is 8.32. The van der Waals surface area contributed by atoms with Crippen molar-refractivity contribution in [3.05, 3.63) is 96.3 Å². The largest absolute Gasteiger partial charge is 0.355 e. The van der Waals surface area contributed by atoms with E-state index < -0.39 is 16.1 Å². The lowest BCUT2D eigenvalue weighted by Gasteiger charge is -2.19. The first kappa shape index (κ1) is 22.7. The summed E-state index contributed by atoms with van der Waals surface area (Å²) in [5.41, 5.74) is 2.14. The summed E-state index contributed by atoms with van der Waals surface area (Å²) in [6.07, 6.45) is 5.73. The Morgan fingerprint density at radius 2 is 1.55 bits per heavy atom. The Bertz CT molecular complexity index is 1040. The van der Waals surface area contributed by atoms with Crippen LogP contribution in [0.15, 0.2) is 90.1 Å². The number of nitrogens with zero attached hydrogens (tertiary/aromatic N) is 1. The molecule has 3 rings (SSSR count). The summed E-state index contributed by atoms with van der Waals surface area (Å²) in [7, 11) is -3.87. The van der Waals surface area contributed by atoms with E-state index in [9.17, 15) is 13.2 Å². The van der Waals surface area contributed by atoms with Crippen molar-refractivity contribution in [2.75, 3.05) is 6.54 Å². The molecule has 1 atom stereocenters. The zero-order valence-corrected chi connectivity index (χ0v) is 18.1. The van der Waals surface area contributed by atoms with E-state index >= 15 is 0 Å². The number of aryl methyl sites for hydroxylation is 1. The molecular formula is C24H27N3O3S. The zero-order chi connectivity index (χ0) is 21.9. The summed E-state index contributed by atoms with van der Waals surface area (Å²) in [4.78, 5) is 16.7. The number of hydrogen-bond acceptors (Lipinski definition) is 4. The fourth-order valence-corrected chi connectivity index (χ4v) is 4.39. The number of rotatable bonds is 11. The predicted octanol–water partition coefficient (Wildman–Crippen LogP) is 3.11. The average molecular weight is 438 g/mol. The number of aromatic nitrogens is 1. The number of hydrogen-bond donors (Lipinski definition) is 2. The van der Waals surface area contributed by atoms with Crippen molar-refractivity contribution < 1.29 is 13.2 Å². The van der Waals surface area contributed by atoms with Gasteiger partial charge in [0, 0.05) is 18.9 Å². The molecule has 0 bridgehead atoms. The summed E-state index contributed by atoms with van der Waals surface area (Å²) < 4.78 is 28.0. The minimum Gasteiger partial charge on any atom is -0.355 e. The van der Waals surface area contributed by atoms with Gasteiger partial charge in [0.05, 0.1) is 0 Å². The zero-order valence-electron chi connectivity index (χ0n) is 17.3. The highest BCUT2D eigenvalue weighted by Gasteiger charge is 2.26. The van der Waals surface area contributed by atoms with Crippen LogP contribution in [0.25, 0.3) is 0 Å². The van der Waals surface area contributed by atoms with Gasteiger partial charge in [0.2, 0.25) is 15.9 Å². The smallest absolute Gasteiger partial charge is 0.242 e. The van der Waals surface area contributed by atoms with Gasteiger partial charge in [-0.25, -0.2) is 8.42 Å². The van der Waals surface area contributed by atoms with Crippen LogP contribution in [-0.2, 0) is 27.7 Å². The summed E-state index contributed by atoms with van der Waals surface area (Å²) in [5.74, 6) is -0.337. The molecule has 0 saturated heterocycles. The molecule has 0 aliphatic rings. The van der Waals surface area contributed by atoms with Gasteiger partial charge < -0.3 is 5.32 Å². The van der Waals surface area contributed by atoms with Crippen molar-refractivity contribution in [1.82, 2.24) is 15.0 Å². The first-order chi connectivity index (χ1) is 15.0. The minimum absolute atomic E-state index is 0.0312. The van der Waals surface area contributed by atoms with Gasteiger partial charge in [-0.15, -0.1) is 0 Å².